The van der Waals surface area contributed by atoms with Gasteiger partial charge in [-0.1, -0.05) is 54.6 Å². The molecule has 0 saturated carbocycles. The summed E-state index contributed by atoms with van der Waals surface area (Å²) >= 11 is 0. The molecular weight excluding hydrogens is 332 g/mol. The second kappa shape index (κ2) is 4.36. The largest absolute Gasteiger partial charge is 0.428 e. The molecule has 0 bridgehead atoms. The summed E-state index contributed by atoms with van der Waals surface area (Å²) in [5.74, 6) is 0.623. The predicted molar refractivity (Wildman–Crippen MR) is 112 cm³/mol. The maximum atomic E-state index is 11.1. The van der Waals surface area contributed by atoms with E-state index in [1.165, 1.54) is 53.9 Å². The fraction of sp³-hybridized carbons (Fsp3) is 0. The molecule has 0 aliphatic rings. The normalized spacial score (nSPS) is 12.6. The van der Waals surface area contributed by atoms with Gasteiger partial charge >= 0.3 is 0 Å². The molecule has 0 radical (unpaired) electrons. The number of carbonyl (C=O) groups excluding carboxylic acids is 1. The van der Waals surface area contributed by atoms with Gasteiger partial charge < -0.3 is 4.74 Å². The molecule has 0 N–H and O–H groups in total. The number of hydrogen-bond acceptors (Lipinski definition) is 2. The van der Waals surface area contributed by atoms with Crippen molar-refractivity contribution in [2.75, 3.05) is 0 Å². The number of carbonyl (C=O) groups is 1. The van der Waals surface area contributed by atoms with Crippen LogP contribution >= 0.6 is 0 Å². The summed E-state index contributed by atoms with van der Waals surface area (Å²) in [6.45, 7) is 0.518. The zero-order chi connectivity index (χ0) is 17.7. The van der Waals surface area contributed by atoms with Crippen LogP contribution in [0.4, 0.5) is 0 Å². The van der Waals surface area contributed by atoms with E-state index in [1.807, 2.05) is 6.07 Å². The van der Waals surface area contributed by atoms with Crippen LogP contribution < -0.4 is 4.74 Å². The first-order valence-corrected chi connectivity index (χ1v) is 9.06. The van der Waals surface area contributed by atoms with Crippen molar-refractivity contribution in [1.82, 2.24) is 0 Å². The van der Waals surface area contributed by atoms with Crippen LogP contribution in [0.3, 0.4) is 0 Å². The van der Waals surface area contributed by atoms with Crippen molar-refractivity contribution in [1.29, 1.82) is 0 Å². The van der Waals surface area contributed by atoms with Crippen molar-refractivity contribution < 1.29 is 9.53 Å². The molecule has 27 heavy (non-hydrogen) atoms. The number of ether oxygens (including phenoxy) is 1. The zero-order valence-corrected chi connectivity index (χ0v) is 14.2. The standard InChI is InChI=1S/C25H12O2/c26-12-27-19-11-17-8-7-15-4-2-13-1-3-14-5-6-16-9-10-18(19)25-23(16)21(14)20(13)22(15)24(17)25/h1-12H. The van der Waals surface area contributed by atoms with E-state index in [0.717, 1.165) is 10.8 Å². The van der Waals surface area contributed by atoms with Crippen molar-refractivity contribution >= 4 is 71.1 Å². The van der Waals surface area contributed by atoms with Gasteiger partial charge in [0.1, 0.15) is 5.75 Å². The second-order valence-electron chi connectivity index (χ2n) is 7.33. The molecule has 0 aliphatic carbocycles. The Bertz CT molecular complexity index is 1600. The van der Waals surface area contributed by atoms with Gasteiger partial charge in [0.15, 0.2) is 0 Å². The summed E-state index contributed by atoms with van der Waals surface area (Å²) in [4.78, 5) is 11.1. The molecule has 0 atom stereocenters. The molecule has 0 aliphatic heterocycles. The average molecular weight is 344 g/mol. The summed E-state index contributed by atoms with van der Waals surface area (Å²) < 4.78 is 5.38. The van der Waals surface area contributed by atoms with Crippen LogP contribution in [0.1, 0.15) is 0 Å². The number of hydrogen-bond donors (Lipinski definition) is 0. The monoisotopic (exact) mass is 344 g/mol. The lowest BCUT2D eigenvalue weighted by Gasteiger charge is -2.21. The first-order chi connectivity index (χ1) is 13.3. The van der Waals surface area contributed by atoms with E-state index in [-0.39, 0.29) is 0 Å². The Balaban J connectivity index is 1.99. The first kappa shape index (κ1) is 13.5. The van der Waals surface area contributed by atoms with Crippen LogP contribution in [0.25, 0.3) is 64.6 Å². The van der Waals surface area contributed by atoms with E-state index >= 15 is 0 Å². The number of benzene rings is 7. The van der Waals surface area contributed by atoms with Crippen molar-refractivity contribution in [2.45, 2.75) is 0 Å². The third kappa shape index (κ3) is 1.43. The third-order valence-corrected chi connectivity index (χ3v) is 6.14. The molecule has 7 aromatic carbocycles. The van der Waals surface area contributed by atoms with E-state index in [2.05, 4.69) is 60.7 Å². The molecule has 7 rings (SSSR count). The van der Waals surface area contributed by atoms with Crippen molar-refractivity contribution in [3.8, 4) is 5.75 Å². The minimum atomic E-state index is 0.518. The minimum absolute atomic E-state index is 0.518. The van der Waals surface area contributed by atoms with Crippen LogP contribution in [0, 0.1) is 0 Å². The molecule has 2 heteroatoms. The highest BCUT2D eigenvalue weighted by Crippen LogP contribution is 2.49. The molecule has 0 heterocycles. The van der Waals surface area contributed by atoms with E-state index in [9.17, 15) is 4.79 Å². The quantitative estimate of drug-likeness (QED) is 0.204. The fourth-order valence-corrected chi connectivity index (χ4v) is 5.10. The predicted octanol–water partition coefficient (Wildman–Crippen LogP) is 6.45. The molecule has 0 saturated heterocycles. The molecule has 0 fully saturated rings. The molecule has 7 aromatic rings. The van der Waals surface area contributed by atoms with E-state index in [1.54, 1.807) is 0 Å². The Morgan fingerprint density at radius 3 is 1.44 bits per heavy atom. The molecule has 2 nitrogen and oxygen atoms in total. The summed E-state index contributed by atoms with van der Waals surface area (Å²) in [7, 11) is 0. The Morgan fingerprint density at radius 1 is 0.519 bits per heavy atom. The highest BCUT2D eigenvalue weighted by molar-refractivity contribution is 6.44. The number of rotatable bonds is 2. The van der Waals surface area contributed by atoms with Crippen molar-refractivity contribution in [3.05, 3.63) is 66.7 Å². The summed E-state index contributed by atoms with van der Waals surface area (Å²) in [5.41, 5.74) is 0. The van der Waals surface area contributed by atoms with Gasteiger partial charge in [0.25, 0.3) is 6.47 Å². The Kier molecular flexibility index (Phi) is 2.19. The lowest BCUT2D eigenvalue weighted by molar-refractivity contribution is -0.120. The Morgan fingerprint density at radius 2 is 0.926 bits per heavy atom. The second-order valence-corrected chi connectivity index (χ2v) is 7.33. The Hall–Kier alpha value is -3.65. The third-order valence-electron chi connectivity index (χ3n) is 6.14. The summed E-state index contributed by atoms with van der Waals surface area (Å²) in [5, 5.41) is 14.8. The minimum Gasteiger partial charge on any atom is -0.428 e. The van der Waals surface area contributed by atoms with E-state index < -0.39 is 0 Å². The topological polar surface area (TPSA) is 26.3 Å². The van der Waals surface area contributed by atoms with Gasteiger partial charge in [-0.15, -0.1) is 0 Å². The SMILES string of the molecule is O=COc1cc2ccc3ccc4ccc5ccc6ccc1c1c6c5c4c3c21. The van der Waals surface area contributed by atoms with Crippen LogP contribution in [0.15, 0.2) is 66.7 Å². The van der Waals surface area contributed by atoms with Crippen LogP contribution in [-0.2, 0) is 4.79 Å². The zero-order valence-electron chi connectivity index (χ0n) is 14.2. The molecule has 0 unspecified atom stereocenters. The fourth-order valence-electron chi connectivity index (χ4n) is 5.10. The van der Waals surface area contributed by atoms with Gasteiger partial charge in [0.2, 0.25) is 0 Å². The molecule has 0 amide bonds. The lowest BCUT2D eigenvalue weighted by atomic mass is 9.83. The average Bonchev–Trinajstić information content (AvgIpc) is 2.72. The highest BCUT2D eigenvalue weighted by Gasteiger charge is 2.21. The van der Waals surface area contributed by atoms with Crippen LogP contribution in [-0.4, -0.2) is 6.47 Å². The first-order valence-electron chi connectivity index (χ1n) is 9.06. The van der Waals surface area contributed by atoms with Crippen LogP contribution in [0.5, 0.6) is 5.75 Å². The Labute approximate surface area is 153 Å². The maximum absolute atomic E-state index is 11.1. The maximum Gasteiger partial charge on any atom is 0.298 e. The highest BCUT2D eigenvalue weighted by atomic mass is 16.5. The van der Waals surface area contributed by atoms with Gasteiger partial charge in [-0.05, 0) is 66.0 Å². The molecular formula is C25H12O2. The van der Waals surface area contributed by atoms with Gasteiger partial charge in [0.05, 0.1) is 0 Å². The smallest absolute Gasteiger partial charge is 0.298 e. The summed E-state index contributed by atoms with van der Waals surface area (Å²) in [6, 6.07) is 23.8. The summed E-state index contributed by atoms with van der Waals surface area (Å²) in [6.07, 6.45) is 0. The molecule has 0 aromatic heterocycles. The van der Waals surface area contributed by atoms with Gasteiger partial charge in [-0.3, -0.25) is 4.79 Å². The van der Waals surface area contributed by atoms with Gasteiger partial charge in [-0.25, -0.2) is 0 Å². The lowest BCUT2D eigenvalue weighted by Crippen LogP contribution is -1.95. The van der Waals surface area contributed by atoms with E-state index in [0.29, 0.717) is 12.2 Å². The van der Waals surface area contributed by atoms with Crippen molar-refractivity contribution in [3.63, 3.8) is 0 Å². The van der Waals surface area contributed by atoms with Gasteiger partial charge in [-0.2, -0.15) is 0 Å². The molecule has 0 spiro atoms. The van der Waals surface area contributed by atoms with Crippen LogP contribution in [0.2, 0.25) is 0 Å². The van der Waals surface area contributed by atoms with Crippen molar-refractivity contribution in [2.24, 2.45) is 0 Å². The van der Waals surface area contributed by atoms with Gasteiger partial charge in [0, 0.05) is 10.8 Å². The molecule has 124 valence electrons. The van der Waals surface area contributed by atoms with E-state index in [4.69, 9.17) is 4.74 Å².